The number of hydrogen-bond donors (Lipinski definition) is 2. The molecule has 0 saturated heterocycles. The Kier molecular flexibility index (Phi) is 7.97. The molecule has 1 unspecified atom stereocenters. The third-order valence-corrected chi connectivity index (χ3v) is 3.90. The Bertz CT molecular complexity index is 374. The molecule has 0 radical (unpaired) electrons. The molecule has 2 N–H and O–H groups in total. The molecule has 1 amide bonds. The number of hydrogen-bond acceptors (Lipinski definition) is 2. The van der Waals surface area contributed by atoms with Crippen molar-refractivity contribution >= 4 is 5.91 Å². The minimum atomic E-state index is 0.128. The molecule has 0 aromatic heterocycles. The second-order valence-corrected chi connectivity index (χ2v) is 5.21. The molecule has 1 rings (SSSR count). The van der Waals surface area contributed by atoms with Gasteiger partial charge in [-0.05, 0) is 37.2 Å². The van der Waals surface area contributed by atoms with E-state index in [4.69, 9.17) is 0 Å². The number of amides is 1. The summed E-state index contributed by atoms with van der Waals surface area (Å²) in [6.45, 7) is 4.95. The van der Waals surface area contributed by atoms with Gasteiger partial charge in [0.1, 0.15) is 0 Å². The first-order valence-corrected chi connectivity index (χ1v) is 7.66. The summed E-state index contributed by atoms with van der Waals surface area (Å²) >= 11 is 0. The summed E-state index contributed by atoms with van der Waals surface area (Å²) in [4.78, 5) is 11.9. The van der Waals surface area contributed by atoms with Gasteiger partial charge >= 0.3 is 0 Å². The molecule has 20 heavy (non-hydrogen) atoms. The lowest BCUT2D eigenvalue weighted by atomic mass is 9.92. The highest BCUT2D eigenvalue weighted by Gasteiger charge is 2.15. The highest BCUT2D eigenvalue weighted by Crippen LogP contribution is 2.22. The molecule has 0 aliphatic carbocycles. The predicted molar refractivity (Wildman–Crippen MR) is 82.6 cm³/mol. The van der Waals surface area contributed by atoms with Crippen LogP contribution in [0.2, 0.25) is 0 Å². The highest BCUT2D eigenvalue weighted by atomic mass is 16.3. The highest BCUT2D eigenvalue weighted by molar-refractivity contribution is 5.78. The average molecular weight is 277 g/mol. The summed E-state index contributed by atoms with van der Waals surface area (Å²) < 4.78 is 0. The van der Waals surface area contributed by atoms with Gasteiger partial charge < -0.3 is 10.4 Å². The van der Waals surface area contributed by atoms with Gasteiger partial charge in [0.05, 0.1) is 0 Å². The first kappa shape index (κ1) is 16.7. The van der Waals surface area contributed by atoms with Gasteiger partial charge in [0.2, 0.25) is 5.91 Å². The van der Waals surface area contributed by atoms with Crippen LogP contribution in [0.3, 0.4) is 0 Å². The molecule has 0 heterocycles. The van der Waals surface area contributed by atoms with E-state index in [1.165, 1.54) is 5.56 Å². The lowest BCUT2D eigenvalue weighted by Crippen LogP contribution is -2.31. The van der Waals surface area contributed by atoms with Crippen molar-refractivity contribution in [3.8, 4) is 0 Å². The summed E-state index contributed by atoms with van der Waals surface area (Å²) in [5.74, 6) is 0.594. The van der Waals surface area contributed by atoms with E-state index in [1.54, 1.807) is 0 Å². The van der Waals surface area contributed by atoms with Crippen LogP contribution < -0.4 is 5.32 Å². The molecule has 1 aromatic carbocycles. The van der Waals surface area contributed by atoms with Gasteiger partial charge in [0.15, 0.2) is 0 Å². The maximum atomic E-state index is 11.9. The zero-order valence-corrected chi connectivity index (χ0v) is 12.6. The first-order chi connectivity index (χ1) is 9.72. The van der Waals surface area contributed by atoms with Crippen LogP contribution in [0.5, 0.6) is 0 Å². The smallest absolute Gasteiger partial charge is 0.223 e. The van der Waals surface area contributed by atoms with E-state index in [9.17, 15) is 9.90 Å². The summed E-state index contributed by atoms with van der Waals surface area (Å²) in [7, 11) is 0. The van der Waals surface area contributed by atoms with Crippen molar-refractivity contribution in [2.24, 2.45) is 5.92 Å². The van der Waals surface area contributed by atoms with E-state index >= 15 is 0 Å². The van der Waals surface area contributed by atoms with E-state index in [2.05, 4.69) is 17.4 Å². The molecular weight excluding hydrogens is 250 g/mol. The number of benzene rings is 1. The number of carbonyl (C=O) groups is 1. The number of rotatable bonds is 9. The van der Waals surface area contributed by atoms with Crippen LogP contribution in [0, 0.1) is 5.92 Å². The second kappa shape index (κ2) is 9.54. The van der Waals surface area contributed by atoms with Crippen molar-refractivity contribution in [3.05, 3.63) is 35.9 Å². The molecule has 0 aliphatic heterocycles. The van der Waals surface area contributed by atoms with Crippen LogP contribution in [0.25, 0.3) is 0 Å². The molecule has 3 heteroatoms. The normalized spacial score (nSPS) is 12.4. The fourth-order valence-electron chi connectivity index (χ4n) is 2.53. The number of aliphatic hydroxyl groups is 1. The van der Waals surface area contributed by atoms with E-state index < -0.39 is 0 Å². The second-order valence-electron chi connectivity index (χ2n) is 5.21. The van der Waals surface area contributed by atoms with Gasteiger partial charge in [0.25, 0.3) is 0 Å². The van der Waals surface area contributed by atoms with Crippen molar-refractivity contribution in [1.82, 2.24) is 5.32 Å². The summed E-state index contributed by atoms with van der Waals surface area (Å²) in [6, 6.07) is 10.2. The van der Waals surface area contributed by atoms with E-state index in [1.807, 2.05) is 32.0 Å². The van der Waals surface area contributed by atoms with Crippen LogP contribution in [-0.2, 0) is 4.79 Å². The lowest BCUT2D eigenvalue weighted by Gasteiger charge is -2.18. The van der Waals surface area contributed by atoms with Crippen LogP contribution >= 0.6 is 0 Å². The van der Waals surface area contributed by atoms with Crippen LogP contribution in [0.4, 0.5) is 0 Å². The Morgan fingerprint density at radius 2 is 1.80 bits per heavy atom. The fraction of sp³-hybridized carbons (Fsp3) is 0.588. The molecule has 0 saturated carbocycles. The molecule has 0 spiro atoms. The van der Waals surface area contributed by atoms with E-state index in [-0.39, 0.29) is 18.4 Å². The predicted octanol–water partition coefficient (Wildman–Crippen LogP) is 3.10. The molecule has 112 valence electrons. The van der Waals surface area contributed by atoms with Crippen LogP contribution in [0.15, 0.2) is 30.3 Å². The minimum absolute atomic E-state index is 0.128. The minimum Gasteiger partial charge on any atom is -0.396 e. The molecule has 1 atom stereocenters. The lowest BCUT2D eigenvalue weighted by molar-refractivity contribution is -0.125. The molecule has 0 bridgehead atoms. The van der Waals surface area contributed by atoms with E-state index in [0.717, 1.165) is 25.7 Å². The largest absolute Gasteiger partial charge is 0.396 e. The standard InChI is InChI=1S/C17H27NO2/c1-3-14(4-2)17(20)18-12-10-16(11-13-19)15-8-6-5-7-9-15/h5-9,14,16,19H,3-4,10-13H2,1-2H3,(H,18,20). The van der Waals surface area contributed by atoms with Gasteiger partial charge in [-0.2, -0.15) is 0 Å². The molecule has 0 aliphatic rings. The Morgan fingerprint density at radius 3 is 2.35 bits per heavy atom. The van der Waals surface area contributed by atoms with Gasteiger partial charge in [0, 0.05) is 19.1 Å². The van der Waals surface area contributed by atoms with Gasteiger partial charge in [-0.3, -0.25) is 4.79 Å². The monoisotopic (exact) mass is 277 g/mol. The maximum Gasteiger partial charge on any atom is 0.223 e. The number of nitrogens with one attached hydrogen (secondary N) is 1. The number of aliphatic hydroxyl groups excluding tert-OH is 1. The van der Waals surface area contributed by atoms with Crippen LogP contribution in [0.1, 0.15) is 51.0 Å². The van der Waals surface area contributed by atoms with Crippen LogP contribution in [-0.4, -0.2) is 24.2 Å². The summed E-state index contributed by atoms with van der Waals surface area (Å²) in [5, 5.41) is 12.2. The van der Waals surface area contributed by atoms with Crippen molar-refractivity contribution in [2.75, 3.05) is 13.2 Å². The SMILES string of the molecule is CCC(CC)C(=O)NCCC(CCO)c1ccccc1. The van der Waals surface area contributed by atoms with Crippen molar-refractivity contribution in [2.45, 2.75) is 45.4 Å². The van der Waals surface area contributed by atoms with Crippen molar-refractivity contribution in [1.29, 1.82) is 0 Å². The van der Waals surface area contributed by atoms with Crippen molar-refractivity contribution < 1.29 is 9.90 Å². The quantitative estimate of drug-likeness (QED) is 0.728. The molecule has 3 nitrogen and oxygen atoms in total. The first-order valence-electron chi connectivity index (χ1n) is 7.66. The Hall–Kier alpha value is -1.35. The Balaban J connectivity index is 2.46. The van der Waals surface area contributed by atoms with E-state index in [0.29, 0.717) is 12.5 Å². The topological polar surface area (TPSA) is 49.3 Å². The van der Waals surface area contributed by atoms with Gasteiger partial charge in [-0.1, -0.05) is 44.2 Å². The van der Waals surface area contributed by atoms with Gasteiger partial charge in [-0.25, -0.2) is 0 Å². The fourth-order valence-corrected chi connectivity index (χ4v) is 2.53. The maximum absolute atomic E-state index is 11.9. The summed E-state index contributed by atoms with van der Waals surface area (Å²) in [5.41, 5.74) is 1.23. The third kappa shape index (κ3) is 5.33. The molecular formula is C17H27NO2. The average Bonchev–Trinajstić information content (AvgIpc) is 2.48. The van der Waals surface area contributed by atoms with Gasteiger partial charge in [-0.15, -0.1) is 0 Å². The zero-order chi connectivity index (χ0) is 14.8. The summed E-state index contributed by atoms with van der Waals surface area (Å²) in [6.07, 6.45) is 3.39. The molecule has 1 aromatic rings. The molecule has 0 fully saturated rings. The number of carbonyl (C=O) groups excluding carboxylic acids is 1. The zero-order valence-electron chi connectivity index (χ0n) is 12.6. The van der Waals surface area contributed by atoms with Crippen molar-refractivity contribution in [3.63, 3.8) is 0 Å². The Labute approximate surface area is 122 Å². The third-order valence-electron chi connectivity index (χ3n) is 3.90. The Morgan fingerprint density at radius 1 is 1.15 bits per heavy atom.